The quantitative estimate of drug-likeness (QED) is 0.404. The number of allylic oxidation sites excluding steroid dienone is 2. The highest BCUT2D eigenvalue weighted by molar-refractivity contribution is 7.07. The molecule has 0 saturated heterocycles. The van der Waals surface area contributed by atoms with E-state index in [-0.39, 0.29) is 22.4 Å². The number of nitro benzene ring substituents is 1. The second-order valence-electron chi connectivity index (χ2n) is 9.25. The number of nitro groups is 1. The Morgan fingerprint density at radius 1 is 1.15 bits per heavy atom. The van der Waals surface area contributed by atoms with Gasteiger partial charge in [-0.05, 0) is 47.2 Å². The highest BCUT2D eigenvalue weighted by atomic mass is 35.5. The normalized spacial score (nSPS) is 19.4. The van der Waals surface area contributed by atoms with Gasteiger partial charge in [0.2, 0.25) is 0 Å². The lowest BCUT2D eigenvalue weighted by Gasteiger charge is -2.35. The number of thiazole rings is 1. The van der Waals surface area contributed by atoms with Gasteiger partial charge in [0.1, 0.15) is 0 Å². The van der Waals surface area contributed by atoms with Crippen molar-refractivity contribution in [3.05, 3.63) is 106 Å². The Balaban J connectivity index is 1.74. The lowest BCUT2D eigenvalue weighted by Crippen LogP contribution is -2.42. The van der Waals surface area contributed by atoms with Gasteiger partial charge in [-0.15, -0.1) is 0 Å². The number of ketones is 1. The number of fused-ring (bicyclic) bond motifs is 1. The van der Waals surface area contributed by atoms with Gasteiger partial charge in [0.15, 0.2) is 10.6 Å². The Bertz CT molecular complexity index is 1560. The number of benzene rings is 2. The molecule has 7 nitrogen and oxygen atoms in total. The van der Waals surface area contributed by atoms with Crippen LogP contribution in [0.2, 0.25) is 5.02 Å². The number of aromatic nitrogens is 1. The van der Waals surface area contributed by atoms with Gasteiger partial charge in [0.05, 0.1) is 21.2 Å². The number of carbonyl (C=O) groups excluding carboxylic acids is 1. The Morgan fingerprint density at radius 3 is 2.53 bits per heavy atom. The fraction of sp³-hybridized carbons (Fsp3) is 0.240. The maximum atomic E-state index is 13.6. The van der Waals surface area contributed by atoms with Gasteiger partial charge in [-0.3, -0.25) is 24.3 Å². The number of hydrogen-bond acceptors (Lipinski definition) is 6. The lowest BCUT2D eigenvalue weighted by molar-refractivity contribution is -0.384. The number of hydrogen-bond donors (Lipinski definition) is 0. The number of non-ortho nitro benzene ring substituents is 1. The van der Waals surface area contributed by atoms with E-state index in [1.165, 1.54) is 23.5 Å². The Morgan fingerprint density at radius 2 is 1.85 bits per heavy atom. The molecule has 5 rings (SSSR count). The van der Waals surface area contributed by atoms with Crippen LogP contribution in [0.25, 0.3) is 6.08 Å². The fourth-order valence-corrected chi connectivity index (χ4v) is 5.84. The predicted molar refractivity (Wildman–Crippen MR) is 131 cm³/mol. The highest BCUT2D eigenvalue weighted by Gasteiger charge is 2.41. The monoisotopic (exact) mass is 493 g/mol. The highest BCUT2D eigenvalue weighted by Crippen LogP contribution is 2.44. The first-order valence-corrected chi connectivity index (χ1v) is 11.9. The van der Waals surface area contributed by atoms with Crippen LogP contribution in [0.15, 0.2) is 69.6 Å². The molecule has 0 saturated carbocycles. The molecule has 0 spiro atoms. The molecule has 2 aliphatic rings. The molecule has 9 heteroatoms. The van der Waals surface area contributed by atoms with E-state index in [0.29, 0.717) is 49.6 Å². The summed E-state index contributed by atoms with van der Waals surface area (Å²) < 4.78 is 1.98. The van der Waals surface area contributed by atoms with Crippen molar-refractivity contribution >= 4 is 40.5 Å². The van der Waals surface area contributed by atoms with E-state index in [9.17, 15) is 19.7 Å². The Kier molecular flexibility index (Phi) is 5.37. The minimum absolute atomic E-state index is 0.0221. The van der Waals surface area contributed by atoms with Crippen LogP contribution < -0.4 is 14.9 Å². The molecule has 1 aliphatic carbocycles. The van der Waals surface area contributed by atoms with Crippen molar-refractivity contribution in [2.45, 2.75) is 32.7 Å². The van der Waals surface area contributed by atoms with Crippen LogP contribution in [0.3, 0.4) is 0 Å². The third-order valence-electron chi connectivity index (χ3n) is 6.10. The third kappa shape index (κ3) is 3.82. The SMILES string of the molecule is CC1(C)CC(=O)C2=C(C1)N=c1sc(=Cc3ccc([N+](=O)[O-])cc3)c(=O)n1C2c1ccccc1Cl. The van der Waals surface area contributed by atoms with Crippen LogP contribution in [0.5, 0.6) is 0 Å². The van der Waals surface area contributed by atoms with E-state index < -0.39 is 11.0 Å². The smallest absolute Gasteiger partial charge is 0.271 e. The van der Waals surface area contributed by atoms with Crippen LogP contribution in [0, 0.1) is 15.5 Å². The molecule has 3 aromatic rings. The zero-order valence-electron chi connectivity index (χ0n) is 18.4. The van der Waals surface area contributed by atoms with Crippen molar-refractivity contribution in [2.24, 2.45) is 10.4 Å². The summed E-state index contributed by atoms with van der Waals surface area (Å²) >= 11 is 7.78. The molecule has 1 aromatic heterocycles. The largest absolute Gasteiger partial charge is 0.294 e. The molecule has 2 aromatic carbocycles. The summed E-state index contributed by atoms with van der Waals surface area (Å²) in [6.07, 6.45) is 2.69. The first kappa shape index (κ1) is 22.4. The van der Waals surface area contributed by atoms with E-state index in [0.717, 1.165) is 0 Å². The van der Waals surface area contributed by atoms with E-state index in [2.05, 4.69) is 0 Å². The molecule has 2 heterocycles. The molecule has 0 amide bonds. The van der Waals surface area contributed by atoms with Gasteiger partial charge in [-0.1, -0.05) is 55.0 Å². The second-order valence-corrected chi connectivity index (χ2v) is 10.7. The van der Waals surface area contributed by atoms with Crippen molar-refractivity contribution in [1.29, 1.82) is 0 Å². The van der Waals surface area contributed by atoms with Crippen molar-refractivity contribution in [3.63, 3.8) is 0 Å². The lowest BCUT2D eigenvalue weighted by atomic mass is 9.73. The van der Waals surface area contributed by atoms with Crippen LogP contribution in [-0.2, 0) is 4.79 Å². The molecular weight excluding hydrogens is 474 g/mol. The molecule has 172 valence electrons. The molecular formula is C25H20ClN3O4S. The van der Waals surface area contributed by atoms with Gasteiger partial charge in [-0.25, -0.2) is 4.99 Å². The standard InChI is InChI=1S/C25H20ClN3O4S/c1-25(2)12-18-21(19(30)13-25)22(16-5-3-4-6-17(16)26)28-23(31)20(34-24(28)27-18)11-14-7-9-15(10-8-14)29(32)33/h3-11,22H,12-13H2,1-2H3. The van der Waals surface area contributed by atoms with Gasteiger partial charge in [-0.2, -0.15) is 0 Å². The maximum absolute atomic E-state index is 13.6. The summed E-state index contributed by atoms with van der Waals surface area (Å²) in [5, 5.41) is 11.4. The molecule has 1 aliphatic heterocycles. The summed E-state index contributed by atoms with van der Waals surface area (Å²) in [7, 11) is 0. The van der Waals surface area contributed by atoms with E-state index in [1.54, 1.807) is 28.8 Å². The van der Waals surface area contributed by atoms with Crippen LogP contribution >= 0.6 is 22.9 Å². The molecule has 1 unspecified atom stereocenters. The molecule has 0 fully saturated rings. The van der Waals surface area contributed by atoms with Crippen molar-refractivity contribution in [3.8, 4) is 0 Å². The average Bonchev–Trinajstić information content (AvgIpc) is 3.07. The average molecular weight is 494 g/mol. The zero-order valence-corrected chi connectivity index (χ0v) is 20.0. The van der Waals surface area contributed by atoms with E-state index in [4.69, 9.17) is 16.6 Å². The number of carbonyl (C=O) groups is 1. The number of rotatable bonds is 3. The van der Waals surface area contributed by atoms with E-state index in [1.807, 2.05) is 32.0 Å². The number of halogens is 1. The minimum atomic E-state index is -0.650. The first-order chi connectivity index (χ1) is 16.1. The summed E-state index contributed by atoms with van der Waals surface area (Å²) in [4.78, 5) is 42.6. The minimum Gasteiger partial charge on any atom is -0.294 e. The Labute approximate surface area is 203 Å². The fourth-order valence-electron chi connectivity index (χ4n) is 4.58. The van der Waals surface area contributed by atoms with E-state index >= 15 is 0 Å². The summed E-state index contributed by atoms with van der Waals surface area (Å²) in [5.74, 6) is -0.0235. The van der Waals surface area contributed by atoms with Crippen molar-refractivity contribution < 1.29 is 9.72 Å². The van der Waals surface area contributed by atoms with Gasteiger partial charge in [0.25, 0.3) is 11.2 Å². The first-order valence-electron chi connectivity index (χ1n) is 10.7. The van der Waals surface area contributed by atoms with Crippen LogP contribution in [-0.4, -0.2) is 15.3 Å². The maximum Gasteiger partial charge on any atom is 0.271 e. The zero-order chi connectivity index (χ0) is 24.2. The number of nitrogens with zero attached hydrogens (tertiary/aromatic N) is 3. The van der Waals surface area contributed by atoms with Crippen molar-refractivity contribution in [1.82, 2.24) is 4.57 Å². The summed E-state index contributed by atoms with van der Waals surface area (Å²) in [6.45, 7) is 4.08. The molecule has 34 heavy (non-hydrogen) atoms. The van der Waals surface area contributed by atoms with Crippen LogP contribution in [0.1, 0.15) is 43.9 Å². The number of Topliss-reactive ketones (excluding diaryl/α,β-unsaturated/α-hetero) is 1. The molecule has 0 N–H and O–H groups in total. The Hall–Kier alpha value is -3.36. The topological polar surface area (TPSA) is 94.6 Å². The van der Waals surface area contributed by atoms with Crippen molar-refractivity contribution in [2.75, 3.05) is 0 Å². The molecule has 0 radical (unpaired) electrons. The second kappa shape index (κ2) is 8.14. The van der Waals surface area contributed by atoms with Gasteiger partial charge >= 0.3 is 0 Å². The van der Waals surface area contributed by atoms with Gasteiger partial charge < -0.3 is 0 Å². The van der Waals surface area contributed by atoms with Gasteiger partial charge in [0, 0.05) is 29.1 Å². The summed E-state index contributed by atoms with van der Waals surface area (Å²) in [5.41, 5.74) is 2.05. The van der Waals surface area contributed by atoms with Crippen LogP contribution in [0.4, 0.5) is 5.69 Å². The predicted octanol–water partition coefficient (Wildman–Crippen LogP) is 4.17. The third-order valence-corrected chi connectivity index (χ3v) is 7.42. The summed E-state index contributed by atoms with van der Waals surface area (Å²) in [6, 6.07) is 12.6. The molecule has 0 bridgehead atoms. The molecule has 1 atom stereocenters.